The van der Waals surface area contributed by atoms with Crippen LogP contribution in [-0.4, -0.2) is 46.8 Å². The van der Waals surface area contributed by atoms with Crippen molar-refractivity contribution in [2.24, 2.45) is 0 Å². The summed E-state index contributed by atoms with van der Waals surface area (Å²) in [5, 5.41) is 10.9. The van der Waals surface area contributed by atoms with Crippen molar-refractivity contribution in [3.63, 3.8) is 0 Å². The molecule has 4 N–H and O–H groups in total. The maximum absolute atomic E-state index is 14.0. The molecule has 4 amide bonds. The Balaban J connectivity index is 1.02. The molecule has 0 saturated carbocycles. The highest BCUT2D eigenvalue weighted by Crippen LogP contribution is 2.39. The third-order valence-electron chi connectivity index (χ3n) is 10.6. The maximum atomic E-state index is 14.0. The Kier molecular flexibility index (Phi) is 9.77. The highest BCUT2D eigenvalue weighted by molar-refractivity contribution is 6.34. The number of rotatable bonds is 8. The van der Waals surface area contributed by atoms with Crippen LogP contribution in [0.15, 0.2) is 158 Å². The van der Waals surface area contributed by atoms with Crippen LogP contribution in [0.3, 0.4) is 0 Å². The predicted octanol–water partition coefficient (Wildman–Crippen LogP) is 8.25. The molecule has 9 rings (SSSR count). The minimum Gasteiger partial charge on any atom is -0.321 e. The number of amides is 4. The van der Waals surface area contributed by atoms with Crippen molar-refractivity contribution in [3.05, 3.63) is 224 Å². The van der Waals surface area contributed by atoms with Crippen LogP contribution in [-0.2, 0) is 0 Å². The topological polar surface area (TPSA) is 185 Å². The van der Waals surface area contributed by atoms with Gasteiger partial charge in [0.1, 0.15) is 0 Å². The van der Waals surface area contributed by atoms with E-state index in [1.807, 2.05) is 0 Å². The molecule has 0 aromatic heterocycles. The number of hydrogen-bond donors (Lipinski definition) is 4. The van der Waals surface area contributed by atoms with Gasteiger partial charge < -0.3 is 21.3 Å². The van der Waals surface area contributed by atoms with Crippen LogP contribution < -0.4 is 21.3 Å². The first-order valence-electron chi connectivity index (χ1n) is 19.3. The highest BCUT2D eigenvalue weighted by Gasteiger charge is 2.36. The number of hydrogen-bond acceptors (Lipinski definition) is 8. The number of carbonyl (C=O) groups is 8. The van der Waals surface area contributed by atoms with Crippen LogP contribution in [0, 0.1) is 0 Å². The molecule has 2 aliphatic rings. The Morgan fingerprint density at radius 1 is 0.274 bits per heavy atom. The van der Waals surface area contributed by atoms with Gasteiger partial charge in [0.25, 0.3) is 23.6 Å². The van der Waals surface area contributed by atoms with E-state index in [9.17, 15) is 38.4 Å². The van der Waals surface area contributed by atoms with E-state index in [0.29, 0.717) is 11.1 Å². The van der Waals surface area contributed by atoms with Crippen molar-refractivity contribution in [2.45, 2.75) is 0 Å². The van der Waals surface area contributed by atoms with E-state index in [0.717, 1.165) is 0 Å². The van der Waals surface area contributed by atoms with Crippen molar-refractivity contribution in [1.29, 1.82) is 0 Å². The Hall–Kier alpha value is -8.90. The minimum atomic E-state index is -0.727. The lowest BCUT2D eigenvalue weighted by Crippen LogP contribution is -2.26. The van der Waals surface area contributed by atoms with Crippen LogP contribution in [0.5, 0.6) is 0 Å². The van der Waals surface area contributed by atoms with Gasteiger partial charge in [0.15, 0.2) is 23.1 Å². The summed E-state index contributed by atoms with van der Waals surface area (Å²) >= 11 is 0. The van der Waals surface area contributed by atoms with Gasteiger partial charge in [-0.25, -0.2) is 0 Å². The molecule has 0 saturated heterocycles. The summed E-state index contributed by atoms with van der Waals surface area (Å²) in [5.74, 6) is -4.60. The normalized spacial score (nSPS) is 12.3. The molecule has 0 atom stereocenters. The van der Waals surface area contributed by atoms with Gasteiger partial charge in [-0.15, -0.1) is 0 Å². The van der Waals surface area contributed by atoms with Crippen LogP contribution in [0.1, 0.15) is 105 Å². The van der Waals surface area contributed by atoms with Gasteiger partial charge in [-0.2, -0.15) is 0 Å². The van der Waals surface area contributed by atoms with Gasteiger partial charge in [0.2, 0.25) is 0 Å². The molecule has 0 unspecified atom stereocenters. The van der Waals surface area contributed by atoms with Crippen molar-refractivity contribution in [2.75, 3.05) is 21.3 Å². The number of carbonyl (C=O) groups excluding carboxylic acids is 8. The van der Waals surface area contributed by atoms with Crippen LogP contribution in [0.25, 0.3) is 0 Å². The fourth-order valence-electron chi connectivity index (χ4n) is 7.62. The average molecular weight is 815 g/mol. The van der Waals surface area contributed by atoms with Crippen molar-refractivity contribution >= 4 is 69.5 Å². The number of nitrogens with one attached hydrogen (secondary N) is 4. The fourth-order valence-corrected chi connectivity index (χ4v) is 7.62. The summed E-state index contributed by atoms with van der Waals surface area (Å²) in [7, 11) is 0. The highest BCUT2D eigenvalue weighted by atomic mass is 16.2. The zero-order chi connectivity index (χ0) is 43.1. The Labute approximate surface area is 352 Å². The van der Waals surface area contributed by atoms with E-state index in [1.165, 1.54) is 72.8 Å². The van der Waals surface area contributed by atoms with Crippen LogP contribution in [0.4, 0.5) is 22.7 Å². The van der Waals surface area contributed by atoms with E-state index >= 15 is 0 Å². The largest absolute Gasteiger partial charge is 0.321 e. The van der Waals surface area contributed by atoms with E-state index in [1.54, 1.807) is 84.9 Å². The summed E-state index contributed by atoms with van der Waals surface area (Å²) < 4.78 is 0. The summed E-state index contributed by atoms with van der Waals surface area (Å²) in [4.78, 5) is 110. The van der Waals surface area contributed by atoms with Gasteiger partial charge in [-0.3, -0.25) is 38.4 Å². The predicted molar refractivity (Wildman–Crippen MR) is 231 cm³/mol. The molecule has 298 valence electrons. The number of anilines is 4. The lowest BCUT2D eigenvalue weighted by Gasteiger charge is -2.23. The Bertz CT molecular complexity index is 2920. The zero-order valence-corrected chi connectivity index (χ0v) is 32.3. The SMILES string of the molecule is O=C(Nc1ccc(NC(=O)c2cccc(C(=O)Nc3ccc(NC(=O)c4ccccc4)c4c3C(=O)c3ccccc3C4=O)c2)c2c1C(=O)c1ccccc1C2=O)c1ccccc1. The van der Waals surface area contributed by atoms with Gasteiger partial charge in [0, 0.05) is 44.5 Å². The maximum Gasteiger partial charge on any atom is 0.255 e. The first-order chi connectivity index (χ1) is 30.1. The smallest absolute Gasteiger partial charge is 0.255 e. The summed E-state index contributed by atoms with van der Waals surface area (Å²) in [5.41, 5.74) is 0.954. The molecule has 12 nitrogen and oxygen atoms in total. The van der Waals surface area contributed by atoms with Crippen LogP contribution in [0.2, 0.25) is 0 Å². The van der Waals surface area contributed by atoms with Gasteiger partial charge in [0.05, 0.1) is 45.0 Å². The fraction of sp³-hybridized carbons (Fsp3) is 0. The molecular formula is C50H30N4O8. The number of ketones is 4. The average Bonchev–Trinajstić information content (AvgIpc) is 3.31. The van der Waals surface area contributed by atoms with E-state index in [2.05, 4.69) is 21.3 Å². The molecule has 0 heterocycles. The molecule has 0 fully saturated rings. The molecule has 0 radical (unpaired) electrons. The molecule has 12 heteroatoms. The Morgan fingerprint density at radius 2 is 0.516 bits per heavy atom. The standard InChI is InChI=1S/C50H30N4O8/c55-43-31-18-7-9-20-33(31)45(57)41-37(24-22-35(39(41)43)51-47(59)27-12-3-1-4-13-27)53-49(61)29-16-11-17-30(26-29)50(62)54-38-25-23-36(52-48(60)28-14-5-2-6-15-28)40-42(38)46(58)34-21-10-8-19-32(34)44(40)56/h1-26H,(H,51,59)(H,52,60)(H,53,61)(H,54,62). The lowest BCUT2D eigenvalue weighted by molar-refractivity contribution is 0.0977. The van der Waals surface area contributed by atoms with Gasteiger partial charge in [-0.1, -0.05) is 91.0 Å². The molecule has 0 aliphatic heterocycles. The van der Waals surface area contributed by atoms with Crippen LogP contribution >= 0.6 is 0 Å². The number of fused-ring (bicyclic) bond motifs is 4. The van der Waals surface area contributed by atoms with E-state index in [-0.39, 0.29) is 78.4 Å². The first kappa shape index (κ1) is 38.6. The molecule has 7 aromatic carbocycles. The second-order valence-electron chi connectivity index (χ2n) is 14.4. The second kappa shape index (κ2) is 15.7. The first-order valence-corrected chi connectivity index (χ1v) is 19.3. The monoisotopic (exact) mass is 814 g/mol. The van der Waals surface area contributed by atoms with Gasteiger partial charge in [-0.05, 0) is 66.7 Å². The second-order valence-corrected chi connectivity index (χ2v) is 14.4. The third kappa shape index (κ3) is 6.82. The molecule has 0 spiro atoms. The molecule has 2 aliphatic carbocycles. The zero-order valence-electron chi connectivity index (χ0n) is 32.3. The quantitative estimate of drug-likeness (QED) is 0.118. The molecule has 62 heavy (non-hydrogen) atoms. The van der Waals surface area contributed by atoms with E-state index < -0.39 is 46.8 Å². The summed E-state index contributed by atoms with van der Waals surface area (Å²) in [6.07, 6.45) is 0. The lowest BCUT2D eigenvalue weighted by atomic mass is 9.82. The molecule has 0 bridgehead atoms. The number of benzene rings is 7. The summed E-state index contributed by atoms with van der Waals surface area (Å²) in [6, 6.07) is 40.6. The van der Waals surface area contributed by atoms with Crippen molar-refractivity contribution < 1.29 is 38.4 Å². The van der Waals surface area contributed by atoms with Crippen molar-refractivity contribution in [1.82, 2.24) is 0 Å². The van der Waals surface area contributed by atoms with E-state index in [4.69, 9.17) is 0 Å². The molecule has 7 aromatic rings. The van der Waals surface area contributed by atoms with Crippen molar-refractivity contribution in [3.8, 4) is 0 Å². The third-order valence-corrected chi connectivity index (χ3v) is 10.6. The Morgan fingerprint density at radius 3 is 0.806 bits per heavy atom. The van der Waals surface area contributed by atoms with Gasteiger partial charge >= 0.3 is 0 Å². The minimum absolute atomic E-state index is 0.0000448. The summed E-state index contributed by atoms with van der Waals surface area (Å²) in [6.45, 7) is 0. The molecular weight excluding hydrogens is 785 g/mol.